The summed E-state index contributed by atoms with van der Waals surface area (Å²) in [5.74, 6) is 1.22. The van der Waals surface area contributed by atoms with Gasteiger partial charge in [-0.1, -0.05) is 13.3 Å². The highest BCUT2D eigenvalue weighted by Crippen LogP contribution is 2.24. The molecule has 0 aromatic carbocycles. The summed E-state index contributed by atoms with van der Waals surface area (Å²) >= 11 is 3.36. The van der Waals surface area contributed by atoms with E-state index < -0.39 is 0 Å². The van der Waals surface area contributed by atoms with E-state index in [1.807, 2.05) is 0 Å². The van der Waals surface area contributed by atoms with Gasteiger partial charge in [0.25, 0.3) is 0 Å². The van der Waals surface area contributed by atoms with Crippen LogP contribution in [0.2, 0.25) is 0 Å². The van der Waals surface area contributed by atoms with Crippen molar-refractivity contribution in [1.29, 1.82) is 5.26 Å². The van der Waals surface area contributed by atoms with Crippen LogP contribution in [0, 0.1) is 11.3 Å². The number of hydrogen-bond donors (Lipinski definition) is 0. The Labute approximate surface area is 133 Å². The van der Waals surface area contributed by atoms with Crippen molar-refractivity contribution < 1.29 is 4.74 Å². The Kier molecular flexibility index (Phi) is 5.76. The third kappa shape index (κ3) is 3.83. The van der Waals surface area contributed by atoms with E-state index in [0.717, 1.165) is 43.5 Å². The van der Waals surface area contributed by atoms with Gasteiger partial charge in [-0.05, 0) is 22.4 Å². The molecule has 0 aliphatic carbocycles. The van der Waals surface area contributed by atoms with Crippen molar-refractivity contribution in [3.63, 3.8) is 0 Å². The van der Waals surface area contributed by atoms with Gasteiger partial charge in [0.2, 0.25) is 11.8 Å². The summed E-state index contributed by atoms with van der Waals surface area (Å²) in [5, 5.41) is 9.24. The van der Waals surface area contributed by atoms with Crippen LogP contribution in [0.1, 0.15) is 19.8 Å². The number of methoxy groups -OCH3 is 1. The molecule has 0 amide bonds. The molecule has 1 aliphatic heterocycles. The second-order valence-electron chi connectivity index (χ2n) is 4.98. The SMILES string of the molecule is CCCC(C#N)N1CCN(c2ncc(Br)c(OC)n2)CC1. The minimum absolute atomic E-state index is 0.0255. The number of halogens is 1. The summed E-state index contributed by atoms with van der Waals surface area (Å²) in [6.45, 7) is 5.49. The maximum Gasteiger partial charge on any atom is 0.232 e. The fourth-order valence-electron chi connectivity index (χ4n) is 2.47. The Morgan fingerprint density at radius 2 is 2.14 bits per heavy atom. The lowest BCUT2D eigenvalue weighted by Gasteiger charge is -2.36. The highest BCUT2D eigenvalue weighted by molar-refractivity contribution is 9.10. The number of aromatic nitrogens is 2. The van der Waals surface area contributed by atoms with E-state index in [4.69, 9.17) is 4.74 Å². The first kappa shape index (κ1) is 16.0. The first-order valence-corrected chi connectivity index (χ1v) is 7.94. The van der Waals surface area contributed by atoms with E-state index in [9.17, 15) is 5.26 Å². The summed E-state index contributed by atoms with van der Waals surface area (Å²) in [6.07, 6.45) is 3.67. The van der Waals surface area contributed by atoms with Crippen LogP contribution in [0.3, 0.4) is 0 Å². The maximum atomic E-state index is 9.24. The number of hydrogen-bond acceptors (Lipinski definition) is 6. The minimum atomic E-state index is 0.0255. The highest BCUT2D eigenvalue weighted by atomic mass is 79.9. The number of nitrogens with zero attached hydrogens (tertiary/aromatic N) is 5. The summed E-state index contributed by atoms with van der Waals surface area (Å²) in [7, 11) is 1.59. The fraction of sp³-hybridized carbons (Fsp3) is 0.643. The van der Waals surface area contributed by atoms with Gasteiger partial charge in [-0.3, -0.25) is 4.90 Å². The fourth-order valence-corrected chi connectivity index (χ4v) is 2.83. The number of nitriles is 1. The molecule has 2 heterocycles. The van der Waals surface area contributed by atoms with Crippen LogP contribution in [0.5, 0.6) is 5.88 Å². The van der Waals surface area contributed by atoms with Crippen LogP contribution < -0.4 is 9.64 Å². The van der Waals surface area contributed by atoms with E-state index >= 15 is 0 Å². The third-order valence-electron chi connectivity index (χ3n) is 3.64. The topological polar surface area (TPSA) is 65.3 Å². The summed E-state index contributed by atoms with van der Waals surface area (Å²) in [4.78, 5) is 13.1. The van der Waals surface area contributed by atoms with Gasteiger partial charge < -0.3 is 9.64 Å². The molecule has 2 rings (SSSR count). The van der Waals surface area contributed by atoms with Crippen LogP contribution in [-0.2, 0) is 0 Å². The number of piperazine rings is 1. The molecule has 1 atom stereocenters. The Balaban J connectivity index is 1.99. The summed E-state index contributed by atoms with van der Waals surface area (Å²) < 4.78 is 5.96. The van der Waals surface area contributed by atoms with Gasteiger partial charge in [0, 0.05) is 26.2 Å². The predicted molar refractivity (Wildman–Crippen MR) is 84.4 cm³/mol. The molecule has 1 aromatic rings. The Morgan fingerprint density at radius 1 is 1.43 bits per heavy atom. The van der Waals surface area contributed by atoms with Gasteiger partial charge >= 0.3 is 0 Å². The maximum absolute atomic E-state index is 9.24. The van der Waals surface area contributed by atoms with E-state index in [0.29, 0.717) is 11.8 Å². The molecule has 0 saturated carbocycles. The third-order valence-corrected chi connectivity index (χ3v) is 4.19. The smallest absolute Gasteiger partial charge is 0.232 e. The van der Waals surface area contributed by atoms with Crippen LogP contribution in [0.15, 0.2) is 10.7 Å². The molecule has 1 aromatic heterocycles. The average molecular weight is 354 g/mol. The van der Waals surface area contributed by atoms with Crippen LogP contribution >= 0.6 is 15.9 Å². The molecule has 0 radical (unpaired) electrons. The van der Waals surface area contributed by atoms with Crippen molar-refractivity contribution in [3.8, 4) is 11.9 Å². The van der Waals surface area contributed by atoms with Gasteiger partial charge in [-0.25, -0.2) is 4.98 Å². The normalized spacial score (nSPS) is 17.3. The number of ether oxygens (including phenoxy) is 1. The zero-order valence-corrected chi connectivity index (χ0v) is 14.0. The standard InChI is InChI=1S/C14H20BrN5O/c1-3-4-11(9-16)19-5-7-20(8-6-19)14-17-10-12(15)13(18-14)21-2/h10-11H,3-8H2,1-2H3. The molecule has 7 heteroatoms. The molecule has 0 bridgehead atoms. The summed E-state index contributed by atoms with van der Waals surface area (Å²) in [6, 6.07) is 2.43. The zero-order valence-electron chi connectivity index (χ0n) is 12.4. The Morgan fingerprint density at radius 3 is 2.71 bits per heavy atom. The molecule has 1 aliphatic rings. The van der Waals surface area contributed by atoms with Gasteiger partial charge in [-0.2, -0.15) is 10.2 Å². The molecular formula is C14H20BrN5O. The molecule has 114 valence electrons. The van der Waals surface area contributed by atoms with E-state index in [1.165, 1.54) is 0 Å². The second-order valence-corrected chi connectivity index (χ2v) is 5.84. The van der Waals surface area contributed by atoms with Crippen LogP contribution in [-0.4, -0.2) is 54.2 Å². The number of rotatable bonds is 5. The van der Waals surface area contributed by atoms with Gasteiger partial charge in [-0.15, -0.1) is 0 Å². The molecule has 6 nitrogen and oxygen atoms in total. The van der Waals surface area contributed by atoms with Crippen LogP contribution in [0.4, 0.5) is 5.95 Å². The Bertz CT molecular complexity index is 511. The van der Waals surface area contributed by atoms with E-state index in [1.54, 1.807) is 13.3 Å². The van der Waals surface area contributed by atoms with Crippen molar-refractivity contribution >= 4 is 21.9 Å². The summed E-state index contributed by atoms with van der Waals surface area (Å²) in [5.41, 5.74) is 0. The molecule has 1 unspecified atom stereocenters. The predicted octanol–water partition coefficient (Wildman–Crippen LogP) is 2.06. The van der Waals surface area contributed by atoms with E-state index in [2.05, 4.69) is 48.7 Å². The molecule has 21 heavy (non-hydrogen) atoms. The second kappa shape index (κ2) is 7.57. The molecule has 1 fully saturated rings. The largest absolute Gasteiger partial charge is 0.480 e. The number of anilines is 1. The molecule has 0 spiro atoms. The first-order chi connectivity index (χ1) is 10.2. The van der Waals surface area contributed by atoms with Crippen LogP contribution in [0.25, 0.3) is 0 Å². The molecule has 0 N–H and O–H groups in total. The van der Waals surface area contributed by atoms with Crippen molar-refractivity contribution in [2.75, 3.05) is 38.2 Å². The quantitative estimate of drug-likeness (QED) is 0.807. The average Bonchev–Trinajstić information content (AvgIpc) is 2.53. The van der Waals surface area contributed by atoms with Crippen molar-refractivity contribution in [1.82, 2.24) is 14.9 Å². The monoisotopic (exact) mass is 353 g/mol. The molecule has 1 saturated heterocycles. The minimum Gasteiger partial charge on any atom is -0.480 e. The highest BCUT2D eigenvalue weighted by Gasteiger charge is 2.24. The lowest BCUT2D eigenvalue weighted by molar-refractivity contribution is 0.210. The molecular weight excluding hydrogens is 334 g/mol. The first-order valence-electron chi connectivity index (χ1n) is 7.14. The van der Waals surface area contributed by atoms with Crippen molar-refractivity contribution in [3.05, 3.63) is 10.7 Å². The van der Waals surface area contributed by atoms with Crippen molar-refractivity contribution in [2.45, 2.75) is 25.8 Å². The van der Waals surface area contributed by atoms with Gasteiger partial charge in [0.05, 0.1) is 29.9 Å². The lowest BCUT2D eigenvalue weighted by atomic mass is 10.1. The van der Waals surface area contributed by atoms with Crippen molar-refractivity contribution in [2.24, 2.45) is 0 Å². The van der Waals surface area contributed by atoms with Gasteiger partial charge in [0.15, 0.2) is 0 Å². The van der Waals surface area contributed by atoms with Gasteiger partial charge in [0.1, 0.15) is 0 Å². The zero-order chi connectivity index (χ0) is 15.2. The lowest BCUT2D eigenvalue weighted by Crippen LogP contribution is -2.50. The Hall–Kier alpha value is -1.39. The van der Waals surface area contributed by atoms with E-state index in [-0.39, 0.29) is 6.04 Å².